The maximum Gasteiger partial charge on any atom is 0.242 e. The summed E-state index contributed by atoms with van der Waals surface area (Å²) >= 11 is 0. The van der Waals surface area contributed by atoms with Crippen molar-refractivity contribution in [1.82, 2.24) is 20.0 Å². The first-order valence-electron chi connectivity index (χ1n) is 9.67. The number of nitrogens with one attached hydrogen (secondary N) is 1. The van der Waals surface area contributed by atoms with E-state index in [1.807, 2.05) is 13.8 Å². The smallest absolute Gasteiger partial charge is 0.242 e. The minimum Gasteiger partial charge on any atom is -0.376 e. The number of aromatic nitrogens is 2. The minimum atomic E-state index is -0.0368. The molecule has 1 saturated carbocycles. The van der Waals surface area contributed by atoms with Gasteiger partial charge in [0, 0.05) is 18.2 Å². The van der Waals surface area contributed by atoms with Gasteiger partial charge in [-0.2, -0.15) is 5.10 Å². The van der Waals surface area contributed by atoms with Gasteiger partial charge in [0.05, 0.1) is 29.4 Å². The number of Topliss-reactive ketones (excluding diaryl/α,β-unsaturated/α-hetero) is 1. The summed E-state index contributed by atoms with van der Waals surface area (Å²) in [5.41, 5.74) is 2.07. The van der Waals surface area contributed by atoms with Crippen LogP contribution in [0.25, 0.3) is 0 Å². The summed E-state index contributed by atoms with van der Waals surface area (Å²) in [6.45, 7) is 8.35. The largest absolute Gasteiger partial charge is 0.376 e. The molecule has 1 amide bonds. The van der Waals surface area contributed by atoms with Gasteiger partial charge >= 0.3 is 0 Å². The number of carbonyl (C=O) groups excluding carboxylic acids is 2. The molecular formula is C19H28N4O3. The topological polar surface area (TPSA) is 76.5 Å². The van der Waals surface area contributed by atoms with Crippen LogP contribution in [0, 0.1) is 19.8 Å². The number of hydrogen-bond donors (Lipinski definition) is 1. The average Bonchev–Trinajstić information content (AvgIpc) is 3.27. The Balaban J connectivity index is 1.44. The molecule has 3 heterocycles. The first kappa shape index (κ1) is 17.7. The van der Waals surface area contributed by atoms with E-state index in [0.29, 0.717) is 23.2 Å². The van der Waals surface area contributed by atoms with Crippen molar-refractivity contribution < 1.29 is 14.3 Å². The molecule has 0 aromatic carbocycles. The number of ether oxygens (including phenoxy) is 1. The number of hydrogen-bond acceptors (Lipinski definition) is 5. The lowest BCUT2D eigenvalue weighted by atomic mass is 9.70. The Kier molecular flexibility index (Phi) is 4.61. The Labute approximate surface area is 154 Å². The van der Waals surface area contributed by atoms with Crippen LogP contribution in [0.2, 0.25) is 0 Å². The summed E-state index contributed by atoms with van der Waals surface area (Å²) < 4.78 is 7.57. The maximum absolute atomic E-state index is 12.7. The van der Waals surface area contributed by atoms with E-state index in [2.05, 4.69) is 15.3 Å². The number of amides is 1. The van der Waals surface area contributed by atoms with Crippen molar-refractivity contribution in [2.24, 2.45) is 5.92 Å². The van der Waals surface area contributed by atoms with E-state index in [9.17, 15) is 9.59 Å². The Hall–Kier alpha value is -1.73. The van der Waals surface area contributed by atoms with Crippen molar-refractivity contribution in [1.29, 1.82) is 0 Å². The van der Waals surface area contributed by atoms with Gasteiger partial charge in [-0.25, -0.2) is 0 Å². The Morgan fingerprint density at radius 3 is 2.65 bits per heavy atom. The highest BCUT2D eigenvalue weighted by atomic mass is 16.5. The van der Waals surface area contributed by atoms with Gasteiger partial charge in [-0.05, 0) is 53.1 Å². The lowest BCUT2D eigenvalue weighted by Gasteiger charge is -2.51. The predicted molar refractivity (Wildman–Crippen MR) is 96.1 cm³/mol. The molecule has 0 spiro atoms. The first-order chi connectivity index (χ1) is 12.5. The van der Waals surface area contributed by atoms with Crippen molar-refractivity contribution in [3.8, 4) is 0 Å². The molecule has 3 aliphatic rings. The molecule has 2 aliphatic heterocycles. The Bertz CT molecular complexity index is 718. The third-order valence-corrected chi connectivity index (χ3v) is 6.27. The van der Waals surface area contributed by atoms with E-state index < -0.39 is 0 Å². The molecule has 4 rings (SSSR count). The number of rotatable bonds is 5. The van der Waals surface area contributed by atoms with E-state index in [1.165, 1.54) is 19.8 Å². The highest BCUT2D eigenvalue weighted by molar-refractivity contribution is 5.96. The quantitative estimate of drug-likeness (QED) is 0.795. The minimum absolute atomic E-state index is 0.00862. The summed E-state index contributed by atoms with van der Waals surface area (Å²) in [6.07, 6.45) is 3.76. The molecule has 1 aliphatic carbocycles. The van der Waals surface area contributed by atoms with Crippen LogP contribution < -0.4 is 5.32 Å². The van der Waals surface area contributed by atoms with Crippen LogP contribution in [-0.2, 0) is 16.1 Å². The van der Waals surface area contributed by atoms with Crippen molar-refractivity contribution in [2.75, 3.05) is 19.7 Å². The zero-order chi connectivity index (χ0) is 18.4. The predicted octanol–water partition coefficient (Wildman–Crippen LogP) is 1.07. The molecule has 142 valence electrons. The normalized spacial score (nSPS) is 30.9. The molecule has 4 atom stereocenters. The van der Waals surface area contributed by atoms with Gasteiger partial charge in [-0.15, -0.1) is 0 Å². The van der Waals surface area contributed by atoms with E-state index >= 15 is 0 Å². The SMILES string of the molecule is CC(=O)c1c(C)nn(CC(=O)N[C@H]2[C@H]3CCO[C@H]3[C@@H]2N2CCCC2)c1C. The molecule has 7 nitrogen and oxygen atoms in total. The molecule has 1 aromatic heterocycles. The number of aryl methyl sites for hydroxylation is 1. The summed E-state index contributed by atoms with van der Waals surface area (Å²) in [5.74, 6) is 0.383. The van der Waals surface area contributed by atoms with E-state index in [1.54, 1.807) is 4.68 Å². The molecule has 0 radical (unpaired) electrons. The standard InChI is InChI=1S/C19H28N4O3/c1-11-16(13(3)24)12(2)23(21-11)10-15(25)20-17-14-6-9-26-19(14)18(17)22-7-4-5-8-22/h14,17-19H,4-10H2,1-3H3,(H,20,25)/t14-,17+,18-,19-/m1/s1. The molecular weight excluding hydrogens is 332 g/mol. The van der Waals surface area contributed by atoms with E-state index in [0.717, 1.165) is 31.8 Å². The third kappa shape index (κ3) is 2.87. The number of nitrogens with zero attached hydrogens (tertiary/aromatic N) is 3. The second kappa shape index (κ2) is 6.78. The van der Waals surface area contributed by atoms with E-state index in [-0.39, 0.29) is 30.4 Å². The number of fused-ring (bicyclic) bond motifs is 1. The Morgan fingerprint density at radius 2 is 2.00 bits per heavy atom. The van der Waals surface area contributed by atoms with Gasteiger partial charge in [0.25, 0.3) is 0 Å². The molecule has 1 aromatic rings. The second-order valence-corrected chi connectivity index (χ2v) is 7.87. The molecule has 2 saturated heterocycles. The van der Waals surface area contributed by atoms with Gasteiger partial charge in [-0.1, -0.05) is 0 Å². The fraction of sp³-hybridized carbons (Fsp3) is 0.737. The average molecular weight is 360 g/mol. The van der Waals surface area contributed by atoms with E-state index in [4.69, 9.17) is 4.74 Å². The molecule has 0 unspecified atom stereocenters. The fourth-order valence-corrected chi connectivity index (χ4v) is 5.07. The number of likely N-dealkylation sites (tertiary alicyclic amines) is 1. The Morgan fingerprint density at radius 1 is 1.27 bits per heavy atom. The molecule has 0 bridgehead atoms. The van der Waals surface area contributed by atoms with Crippen LogP contribution >= 0.6 is 0 Å². The van der Waals surface area contributed by atoms with Crippen molar-refractivity contribution in [3.63, 3.8) is 0 Å². The molecule has 3 fully saturated rings. The van der Waals surface area contributed by atoms with Crippen LogP contribution in [0.4, 0.5) is 0 Å². The molecule has 1 N–H and O–H groups in total. The second-order valence-electron chi connectivity index (χ2n) is 7.87. The van der Waals surface area contributed by atoms with Gasteiger partial charge in [0.1, 0.15) is 6.54 Å². The highest BCUT2D eigenvalue weighted by Gasteiger charge is 2.56. The number of carbonyl (C=O) groups is 2. The summed E-state index contributed by atoms with van der Waals surface area (Å²) in [6, 6.07) is 0.472. The summed E-state index contributed by atoms with van der Waals surface area (Å²) in [4.78, 5) is 26.9. The van der Waals surface area contributed by atoms with Crippen LogP contribution in [0.3, 0.4) is 0 Å². The van der Waals surface area contributed by atoms with Crippen LogP contribution in [-0.4, -0.2) is 64.3 Å². The lowest BCUT2D eigenvalue weighted by Crippen LogP contribution is -2.70. The van der Waals surface area contributed by atoms with Crippen LogP contribution in [0.5, 0.6) is 0 Å². The summed E-state index contributed by atoms with van der Waals surface area (Å²) in [7, 11) is 0. The van der Waals surface area contributed by atoms with Crippen LogP contribution in [0.15, 0.2) is 0 Å². The van der Waals surface area contributed by atoms with Gasteiger partial charge in [0.15, 0.2) is 5.78 Å². The van der Waals surface area contributed by atoms with Gasteiger partial charge in [0.2, 0.25) is 5.91 Å². The van der Waals surface area contributed by atoms with Crippen molar-refractivity contribution >= 4 is 11.7 Å². The van der Waals surface area contributed by atoms with Crippen LogP contribution in [0.1, 0.15) is 47.9 Å². The molecule has 26 heavy (non-hydrogen) atoms. The first-order valence-corrected chi connectivity index (χ1v) is 9.67. The van der Waals surface area contributed by atoms with Crippen molar-refractivity contribution in [2.45, 2.75) is 64.8 Å². The van der Waals surface area contributed by atoms with Gasteiger partial charge in [-0.3, -0.25) is 19.2 Å². The maximum atomic E-state index is 12.7. The third-order valence-electron chi connectivity index (χ3n) is 6.27. The lowest BCUT2D eigenvalue weighted by molar-refractivity contribution is -0.129. The van der Waals surface area contributed by atoms with Gasteiger partial charge < -0.3 is 10.1 Å². The fourth-order valence-electron chi connectivity index (χ4n) is 5.07. The zero-order valence-electron chi connectivity index (χ0n) is 15.8. The monoisotopic (exact) mass is 360 g/mol. The van der Waals surface area contributed by atoms with Crippen molar-refractivity contribution in [3.05, 3.63) is 17.0 Å². The number of ketones is 1. The molecule has 7 heteroatoms. The summed E-state index contributed by atoms with van der Waals surface area (Å²) in [5, 5.41) is 7.63. The highest BCUT2D eigenvalue weighted by Crippen LogP contribution is 2.42. The zero-order valence-corrected chi connectivity index (χ0v) is 15.8.